The Balaban J connectivity index is 3.04. The Morgan fingerprint density at radius 2 is 2.00 bits per heavy atom. The van der Waals surface area contributed by atoms with E-state index in [1.54, 1.807) is 0 Å². The van der Waals surface area contributed by atoms with E-state index in [0.29, 0.717) is 0 Å². The molecular weight excluding hydrogens is 120 g/mol. The Morgan fingerprint density at radius 1 is 1.30 bits per heavy atom. The maximum atomic E-state index is 3.33. The molecule has 1 aromatic rings. The van der Waals surface area contributed by atoms with Gasteiger partial charge in [-0.05, 0) is 43.0 Å². The number of hydrogen-bond donors (Lipinski definition) is 0. The molecule has 1 radical (unpaired) electrons. The molecule has 0 atom stereocenters. The van der Waals surface area contributed by atoms with Gasteiger partial charge in [-0.15, -0.1) is 0 Å². The third-order valence-corrected chi connectivity index (χ3v) is 1.85. The molecule has 0 saturated carbocycles. The highest BCUT2D eigenvalue weighted by molar-refractivity contribution is 5.28. The van der Waals surface area contributed by atoms with Crippen LogP contribution in [0.3, 0.4) is 0 Å². The predicted octanol–water partition coefficient (Wildman–Crippen LogP) is 2.67. The summed E-state index contributed by atoms with van der Waals surface area (Å²) in [7, 11) is 0. The third-order valence-electron chi connectivity index (χ3n) is 1.85. The molecule has 0 aromatic heterocycles. The second kappa shape index (κ2) is 2.87. The van der Waals surface area contributed by atoms with E-state index >= 15 is 0 Å². The van der Waals surface area contributed by atoms with Crippen LogP contribution in [0.25, 0.3) is 0 Å². The molecule has 0 heterocycles. The number of benzene rings is 1. The van der Waals surface area contributed by atoms with Crippen molar-refractivity contribution in [3.63, 3.8) is 0 Å². The van der Waals surface area contributed by atoms with E-state index in [0.717, 1.165) is 6.42 Å². The fourth-order valence-electron chi connectivity index (χ4n) is 0.938. The van der Waals surface area contributed by atoms with Crippen molar-refractivity contribution in [3.05, 3.63) is 34.9 Å². The lowest BCUT2D eigenvalue weighted by atomic mass is 10.1. The average Bonchev–Trinajstić information content (AvgIpc) is 1.95. The monoisotopic (exact) mass is 133 g/mol. The molecule has 1 rings (SSSR count). The minimum absolute atomic E-state index is 1.08. The number of rotatable bonds is 1. The van der Waals surface area contributed by atoms with Crippen molar-refractivity contribution in [2.45, 2.75) is 27.2 Å². The second-order valence-corrected chi connectivity index (χ2v) is 2.65. The lowest BCUT2D eigenvalue weighted by Crippen LogP contribution is -1.85. The summed E-state index contributed by atoms with van der Waals surface area (Å²) < 4.78 is 0. The molecule has 0 bridgehead atoms. The van der Waals surface area contributed by atoms with Gasteiger partial charge in [-0.3, -0.25) is 0 Å². The van der Waals surface area contributed by atoms with Crippen molar-refractivity contribution in [2.24, 2.45) is 0 Å². The van der Waals surface area contributed by atoms with Crippen molar-refractivity contribution in [3.8, 4) is 0 Å². The molecule has 0 aliphatic rings. The van der Waals surface area contributed by atoms with Crippen LogP contribution in [-0.4, -0.2) is 0 Å². The molecule has 0 aliphatic carbocycles. The lowest BCUT2D eigenvalue weighted by molar-refractivity contribution is 1.12. The molecule has 0 saturated heterocycles. The minimum Gasteiger partial charge on any atom is -0.0613 e. The number of aryl methyl sites for hydroxylation is 3. The van der Waals surface area contributed by atoms with Gasteiger partial charge in [-0.2, -0.15) is 0 Å². The Labute approximate surface area is 62.9 Å². The van der Waals surface area contributed by atoms with E-state index in [4.69, 9.17) is 0 Å². The van der Waals surface area contributed by atoms with Gasteiger partial charge in [0.05, 0.1) is 0 Å². The fraction of sp³-hybridized carbons (Fsp3) is 0.400. The summed E-state index contributed by atoms with van der Waals surface area (Å²) in [6.07, 6.45) is 1.08. The zero-order valence-corrected chi connectivity index (χ0v) is 6.86. The van der Waals surface area contributed by atoms with Crippen LogP contribution in [0.5, 0.6) is 0 Å². The molecule has 0 nitrogen and oxygen atoms in total. The lowest BCUT2D eigenvalue weighted by Gasteiger charge is -2.00. The van der Waals surface area contributed by atoms with Crippen molar-refractivity contribution in [2.75, 3.05) is 0 Å². The van der Waals surface area contributed by atoms with Gasteiger partial charge in [0, 0.05) is 0 Å². The van der Waals surface area contributed by atoms with Gasteiger partial charge in [0.15, 0.2) is 0 Å². The Kier molecular flexibility index (Phi) is 2.10. The summed E-state index contributed by atoms with van der Waals surface area (Å²) in [5.74, 6) is 0. The number of hydrogen-bond acceptors (Lipinski definition) is 0. The fourth-order valence-corrected chi connectivity index (χ4v) is 0.938. The second-order valence-electron chi connectivity index (χ2n) is 2.65. The third kappa shape index (κ3) is 1.38. The van der Waals surface area contributed by atoms with Gasteiger partial charge < -0.3 is 0 Å². The molecule has 0 amide bonds. The van der Waals surface area contributed by atoms with E-state index in [1.165, 1.54) is 16.7 Å². The molecule has 1 aromatic carbocycles. The first kappa shape index (κ1) is 7.33. The van der Waals surface area contributed by atoms with Crippen LogP contribution in [0.4, 0.5) is 0 Å². The van der Waals surface area contributed by atoms with Crippen molar-refractivity contribution in [1.82, 2.24) is 0 Å². The van der Waals surface area contributed by atoms with Gasteiger partial charge in [0.2, 0.25) is 0 Å². The zero-order chi connectivity index (χ0) is 7.56. The van der Waals surface area contributed by atoms with Crippen LogP contribution in [0.2, 0.25) is 0 Å². The van der Waals surface area contributed by atoms with Crippen LogP contribution >= 0.6 is 0 Å². The van der Waals surface area contributed by atoms with Gasteiger partial charge in [0.1, 0.15) is 0 Å². The van der Waals surface area contributed by atoms with Crippen LogP contribution in [0, 0.1) is 19.9 Å². The summed E-state index contributed by atoms with van der Waals surface area (Å²) in [5.41, 5.74) is 3.92. The molecule has 10 heavy (non-hydrogen) atoms. The predicted molar refractivity (Wildman–Crippen MR) is 44.1 cm³/mol. The Morgan fingerprint density at radius 3 is 2.50 bits per heavy atom. The highest BCUT2D eigenvalue weighted by Gasteiger charge is 1.92. The molecule has 0 spiro atoms. The van der Waals surface area contributed by atoms with Crippen molar-refractivity contribution >= 4 is 0 Å². The highest BCUT2D eigenvalue weighted by atomic mass is 14.0. The first-order valence-corrected chi connectivity index (χ1v) is 3.72. The summed E-state index contributed by atoms with van der Waals surface area (Å²) in [6.45, 7) is 6.38. The van der Waals surface area contributed by atoms with Gasteiger partial charge >= 0.3 is 0 Å². The van der Waals surface area contributed by atoms with Crippen LogP contribution < -0.4 is 0 Å². The van der Waals surface area contributed by atoms with Crippen molar-refractivity contribution < 1.29 is 0 Å². The smallest absolute Gasteiger partial charge is 0.0115 e. The first-order valence-electron chi connectivity index (χ1n) is 3.72. The van der Waals surface area contributed by atoms with E-state index in [1.807, 2.05) is 0 Å². The Hall–Kier alpha value is -0.780. The van der Waals surface area contributed by atoms with Crippen LogP contribution in [0.15, 0.2) is 12.1 Å². The minimum atomic E-state index is 1.08. The molecule has 0 N–H and O–H groups in total. The topological polar surface area (TPSA) is 0 Å². The van der Waals surface area contributed by atoms with E-state index in [9.17, 15) is 0 Å². The maximum Gasteiger partial charge on any atom is -0.0115 e. The SMILES string of the molecule is CCc1[c]c(C)c(C)cc1. The van der Waals surface area contributed by atoms with Crippen LogP contribution in [0.1, 0.15) is 23.6 Å². The highest BCUT2D eigenvalue weighted by Crippen LogP contribution is 2.08. The quantitative estimate of drug-likeness (QED) is 0.552. The van der Waals surface area contributed by atoms with E-state index in [2.05, 4.69) is 39.0 Å². The zero-order valence-electron chi connectivity index (χ0n) is 6.86. The molecule has 0 aliphatic heterocycles. The van der Waals surface area contributed by atoms with Gasteiger partial charge in [-0.1, -0.05) is 19.1 Å². The average molecular weight is 133 g/mol. The molecular formula is C10H13. The van der Waals surface area contributed by atoms with E-state index in [-0.39, 0.29) is 0 Å². The maximum absolute atomic E-state index is 3.33. The summed E-state index contributed by atoms with van der Waals surface area (Å²) >= 11 is 0. The first-order chi connectivity index (χ1) is 4.74. The molecule has 0 fully saturated rings. The van der Waals surface area contributed by atoms with Crippen molar-refractivity contribution in [1.29, 1.82) is 0 Å². The van der Waals surface area contributed by atoms with E-state index < -0.39 is 0 Å². The molecule has 0 heteroatoms. The standard InChI is InChI=1S/C10H13/c1-4-10-6-5-8(2)9(3)7-10/h5-6H,4H2,1-3H3. The molecule has 53 valence electrons. The Bertz CT molecular complexity index is 223. The normalized spacial score (nSPS) is 9.90. The van der Waals surface area contributed by atoms with Gasteiger partial charge in [-0.25, -0.2) is 0 Å². The van der Waals surface area contributed by atoms with Gasteiger partial charge in [0.25, 0.3) is 0 Å². The molecule has 0 unspecified atom stereocenters. The summed E-state index contributed by atoms with van der Waals surface area (Å²) in [6, 6.07) is 7.62. The van der Waals surface area contributed by atoms with Crippen LogP contribution in [-0.2, 0) is 6.42 Å². The largest absolute Gasteiger partial charge is 0.0613 e. The summed E-state index contributed by atoms with van der Waals surface area (Å²) in [5, 5.41) is 0. The summed E-state index contributed by atoms with van der Waals surface area (Å²) in [4.78, 5) is 0.